The molecule has 4 aliphatic heterocycles. The van der Waals surface area contributed by atoms with Gasteiger partial charge in [0.05, 0.1) is 23.8 Å². The molecule has 12 rings (SSSR count). The van der Waals surface area contributed by atoms with E-state index in [1.807, 2.05) is 95.5 Å². The first-order valence-corrected chi connectivity index (χ1v) is 24.5. The molecule has 6 fully saturated rings. The van der Waals surface area contributed by atoms with E-state index in [4.69, 9.17) is 0 Å². The molecule has 4 N–H and O–H groups in total. The molecule has 2 saturated carbocycles. The number of nitrogens with zero attached hydrogens (tertiary/aromatic N) is 10. The number of aromatic nitrogens is 6. The SMILES string of the molecule is O=C(Nc1ccc(-c2cnc3c(NC4CC4)nccn23)cc1)N1CCC[C@@H]1CN1CCCC1.O=C(Nc1ccc(-c2cnc3c(NC4CC4)nccn23)cc1)N1CCC[C@H]1CN1CCCC1. The topological polar surface area (TPSA) is 156 Å². The number of amides is 4. The van der Waals surface area contributed by atoms with Crippen LogP contribution in [0.15, 0.2) is 85.7 Å². The molecule has 0 spiro atoms. The first-order chi connectivity index (χ1) is 32.5. The number of imidazole rings is 2. The van der Waals surface area contributed by atoms with Crippen LogP contribution in [0.4, 0.5) is 32.6 Å². The average Bonchev–Trinajstić information content (AvgIpc) is 3.81. The Morgan fingerprint density at radius 3 is 1.30 bits per heavy atom. The quantitative estimate of drug-likeness (QED) is 0.0947. The Balaban J connectivity index is 0.000000146. The van der Waals surface area contributed by atoms with Crippen LogP contribution in [0, 0.1) is 0 Å². The fourth-order valence-corrected chi connectivity index (χ4v) is 10.3. The zero-order valence-electron chi connectivity index (χ0n) is 37.8. The van der Waals surface area contributed by atoms with E-state index in [0.717, 1.165) is 109 Å². The summed E-state index contributed by atoms with van der Waals surface area (Å²) in [5.74, 6) is 1.67. The van der Waals surface area contributed by atoms with Crippen LogP contribution in [0.25, 0.3) is 33.8 Å². The summed E-state index contributed by atoms with van der Waals surface area (Å²) in [5.41, 5.74) is 7.45. The third-order valence-corrected chi connectivity index (χ3v) is 14.2. The van der Waals surface area contributed by atoms with E-state index < -0.39 is 0 Å². The van der Waals surface area contributed by atoms with Crippen LogP contribution in [-0.4, -0.2) is 137 Å². The van der Waals surface area contributed by atoms with Crippen LogP contribution in [0.3, 0.4) is 0 Å². The van der Waals surface area contributed by atoms with Crippen molar-refractivity contribution in [2.24, 2.45) is 0 Å². The molecule has 344 valence electrons. The first-order valence-electron chi connectivity index (χ1n) is 24.5. The lowest BCUT2D eigenvalue weighted by Crippen LogP contribution is -2.44. The number of carbonyl (C=O) groups is 2. The highest BCUT2D eigenvalue weighted by atomic mass is 16.2. The Morgan fingerprint density at radius 1 is 0.500 bits per heavy atom. The molecule has 4 aromatic heterocycles. The number of urea groups is 2. The van der Waals surface area contributed by atoms with Gasteiger partial charge in [-0.15, -0.1) is 0 Å². The van der Waals surface area contributed by atoms with Crippen LogP contribution >= 0.6 is 0 Å². The maximum Gasteiger partial charge on any atom is 0.322 e. The van der Waals surface area contributed by atoms with Gasteiger partial charge in [-0.05, 0) is 127 Å². The van der Waals surface area contributed by atoms with Crippen molar-refractivity contribution in [2.45, 2.75) is 101 Å². The van der Waals surface area contributed by atoms with E-state index in [1.165, 1.54) is 77.5 Å². The standard InChI is InChI=1S/2C25H31N7O/c2*33-25(31-14-3-4-21(31)17-30-12-1-2-13-30)29-20-7-5-18(6-8-20)22-16-27-24-23(28-19-9-10-19)26-11-15-32(22)24/h2*5-8,11,15-16,19,21H,1-4,9-10,12-14,17H2,(H,26,28)(H,29,33)/t2*21-/m10/s1. The van der Waals surface area contributed by atoms with Crippen molar-refractivity contribution in [3.63, 3.8) is 0 Å². The predicted octanol–water partition coefficient (Wildman–Crippen LogP) is 8.13. The van der Waals surface area contributed by atoms with Crippen molar-refractivity contribution >= 4 is 46.4 Å². The van der Waals surface area contributed by atoms with Gasteiger partial charge in [0, 0.05) is 97.6 Å². The largest absolute Gasteiger partial charge is 0.364 e. The molecular weight excluding hydrogens is 829 g/mol. The van der Waals surface area contributed by atoms with Crippen molar-refractivity contribution in [2.75, 3.05) is 73.6 Å². The lowest BCUT2D eigenvalue weighted by atomic mass is 10.1. The fraction of sp³-hybridized carbons (Fsp3) is 0.480. The minimum Gasteiger partial charge on any atom is -0.364 e. The molecule has 16 heteroatoms. The maximum atomic E-state index is 13.0. The first kappa shape index (κ1) is 42.4. The van der Waals surface area contributed by atoms with Crippen molar-refractivity contribution in [3.05, 3.63) is 85.7 Å². The number of hydrogen-bond acceptors (Lipinski definition) is 10. The van der Waals surface area contributed by atoms with Gasteiger partial charge in [0.2, 0.25) is 0 Å². The summed E-state index contributed by atoms with van der Waals surface area (Å²) in [5, 5.41) is 13.1. The lowest BCUT2D eigenvalue weighted by Gasteiger charge is -2.28. The molecule has 4 amide bonds. The highest BCUT2D eigenvalue weighted by molar-refractivity contribution is 5.91. The summed E-state index contributed by atoms with van der Waals surface area (Å²) in [6, 6.07) is 17.8. The Kier molecular flexibility index (Phi) is 12.1. The van der Waals surface area contributed by atoms with E-state index in [9.17, 15) is 9.59 Å². The Hall–Kier alpha value is -6.26. The van der Waals surface area contributed by atoms with Gasteiger partial charge in [-0.25, -0.2) is 29.5 Å². The number of rotatable bonds is 12. The minimum absolute atomic E-state index is 0.0149. The number of anilines is 4. The molecule has 2 aromatic carbocycles. The smallest absolute Gasteiger partial charge is 0.322 e. The molecule has 0 radical (unpaired) electrons. The second-order valence-electron chi connectivity index (χ2n) is 19.1. The monoisotopic (exact) mass is 891 g/mol. The molecule has 0 bridgehead atoms. The van der Waals surface area contributed by atoms with Crippen molar-refractivity contribution < 1.29 is 9.59 Å². The molecule has 0 unspecified atom stereocenters. The van der Waals surface area contributed by atoms with Gasteiger partial charge in [-0.3, -0.25) is 8.80 Å². The highest BCUT2D eigenvalue weighted by Crippen LogP contribution is 2.31. The van der Waals surface area contributed by atoms with E-state index in [1.54, 1.807) is 0 Å². The third-order valence-electron chi connectivity index (χ3n) is 14.2. The number of carbonyl (C=O) groups excluding carboxylic acids is 2. The van der Waals surface area contributed by atoms with Crippen molar-refractivity contribution in [1.82, 2.24) is 48.3 Å². The van der Waals surface area contributed by atoms with E-state index >= 15 is 0 Å². The maximum absolute atomic E-state index is 13.0. The Labute approximate surface area is 386 Å². The van der Waals surface area contributed by atoms with E-state index in [-0.39, 0.29) is 12.1 Å². The molecule has 6 aliphatic rings. The second kappa shape index (κ2) is 18.9. The van der Waals surface area contributed by atoms with Gasteiger partial charge in [-0.2, -0.15) is 0 Å². The molecular formula is C50H62N14O2. The summed E-state index contributed by atoms with van der Waals surface area (Å²) < 4.78 is 4.14. The van der Waals surface area contributed by atoms with Crippen LogP contribution in [0.2, 0.25) is 0 Å². The van der Waals surface area contributed by atoms with Gasteiger partial charge >= 0.3 is 12.1 Å². The molecule has 4 saturated heterocycles. The van der Waals surface area contributed by atoms with Crippen LogP contribution in [0.5, 0.6) is 0 Å². The average molecular weight is 891 g/mol. The van der Waals surface area contributed by atoms with Crippen molar-refractivity contribution in [3.8, 4) is 22.5 Å². The lowest BCUT2D eigenvalue weighted by molar-refractivity contribution is 0.186. The summed E-state index contributed by atoms with van der Waals surface area (Å²) in [6.45, 7) is 8.39. The number of likely N-dealkylation sites (tertiary alicyclic amines) is 4. The number of fused-ring (bicyclic) bond motifs is 2. The summed E-state index contributed by atoms with van der Waals surface area (Å²) >= 11 is 0. The summed E-state index contributed by atoms with van der Waals surface area (Å²) in [4.78, 5) is 53.2. The predicted molar refractivity (Wildman–Crippen MR) is 259 cm³/mol. The zero-order valence-corrected chi connectivity index (χ0v) is 37.8. The number of nitrogens with one attached hydrogen (secondary N) is 4. The normalized spacial score (nSPS) is 21.1. The van der Waals surface area contributed by atoms with Gasteiger partial charge < -0.3 is 40.9 Å². The van der Waals surface area contributed by atoms with Crippen LogP contribution < -0.4 is 21.3 Å². The van der Waals surface area contributed by atoms with E-state index in [0.29, 0.717) is 24.2 Å². The molecule has 66 heavy (non-hydrogen) atoms. The fourth-order valence-electron chi connectivity index (χ4n) is 10.3. The van der Waals surface area contributed by atoms with Gasteiger partial charge in [0.25, 0.3) is 0 Å². The molecule has 2 atom stereocenters. The van der Waals surface area contributed by atoms with E-state index in [2.05, 4.69) is 59.8 Å². The summed E-state index contributed by atoms with van der Waals surface area (Å²) in [7, 11) is 0. The molecule has 2 aliphatic carbocycles. The zero-order chi connectivity index (χ0) is 44.4. The number of hydrogen-bond donors (Lipinski definition) is 4. The Bertz CT molecular complexity index is 2440. The second-order valence-corrected chi connectivity index (χ2v) is 19.1. The minimum atomic E-state index is 0.0149. The number of benzene rings is 2. The molecule has 8 heterocycles. The van der Waals surface area contributed by atoms with Gasteiger partial charge in [-0.1, -0.05) is 24.3 Å². The van der Waals surface area contributed by atoms with Crippen LogP contribution in [0.1, 0.15) is 77.0 Å². The summed E-state index contributed by atoms with van der Waals surface area (Å²) in [6.07, 6.45) is 25.6. The van der Waals surface area contributed by atoms with Gasteiger partial charge in [0.15, 0.2) is 22.9 Å². The molecule has 6 aromatic rings. The van der Waals surface area contributed by atoms with Crippen LogP contribution in [-0.2, 0) is 0 Å². The van der Waals surface area contributed by atoms with Crippen molar-refractivity contribution in [1.29, 1.82) is 0 Å². The van der Waals surface area contributed by atoms with Gasteiger partial charge in [0.1, 0.15) is 0 Å². The molecule has 16 nitrogen and oxygen atoms in total. The Morgan fingerprint density at radius 2 is 0.909 bits per heavy atom. The highest BCUT2D eigenvalue weighted by Gasteiger charge is 2.33. The third kappa shape index (κ3) is 9.52.